The standard InChI is InChI=1S/C10H13ClN2.2ClH/c11-9-3-1-8(2-4-9)10-7-12-5-6-13-10;;/h1-4,10,12-13H,5-7H2;2*1H/t10-;;/m1../s1. The van der Waals surface area contributed by atoms with Crippen LogP contribution in [-0.4, -0.2) is 19.6 Å². The molecule has 1 aliphatic heterocycles. The number of halogens is 3. The Bertz CT molecular complexity index is 271. The highest BCUT2D eigenvalue weighted by atomic mass is 35.5. The molecule has 15 heavy (non-hydrogen) atoms. The van der Waals surface area contributed by atoms with E-state index < -0.39 is 0 Å². The molecule has 0 aromatic heterocycles. The van der Waals surface area contributed by atoms with Gasteiger partial charge in [0.15, 0.2) is 0 Å². The Morgan fingerprint density at radius 2 is 1.73 bits per heavy atom. The Labute approximate surface area is 108 Å². The quantitative estimate of drug-likeness (QED) is 0.818. The fourth-order valence-corrected chi connectivity index (χ4v) is 1.71. The van der Waals surface area contributed by atoms with Crippen LogP contribution in [0.4, 0.5) is 0 Å². The lowest BCUT2D eigenvalue weighted by Crippen LogP contribution is -2.42. The highest BCUT2D eigenvalue weighted by Crippen LogP contribution is 2.16. The maximum atomic E-state index is 5.81. The average molecular weight is 270 g/mol. The van der Waals surface area contributed by atoms with E-state index >= 15 is 0 Å². The molecule has 2 nitrogen and oxygen atoms in total. The lowest BCUT2D eigenvalue weighted by molar-refractivity contribution is 0.430. The molecule has 1 heterocycles. The third-order valence-electron chi connectivity index (χ3n) is 2.31. The van der Waals surface area contributed by atoms with Crippen molar-refractivity contribution in [2.75, 3.05) is 19.6 Å². The zero-order valence-electron chi connectivity index (χ0n) is 8.20. The number of hydrogen-bond donors (Lipinski definition) is 2. The minimum absolute atomic E-state index is 0. The molecule has 1 aliphatic rings. The topological polar surface area (TPSA) is 24.1 Å². The van der Waals surface area contributed by atoms with Crippen LogP contribution >= 0.6 is 36.4 Å². The van der Waals surface area contributed by atoms with Crippen LogP contribution in [-0.2, 0) is 0 Å². The Hall–Kier alpha value is 0.01000. The molecule has 0 unspecified atom stereocenters. The molecule has 1 aromatic rings. The van der Waals surface area contributed by atoms with Gasteiger partial charge in [0.05, 0.1) is 0 Å². The van der Waals surface area contributed by atoms with Crippen molar-refractivity contribution in [3.63, 3.8) is 0 Å². The second kappa shape index (κ2) is 7.31. The van der Waals surface area contributed by atoms with Crippen molar-refractivity contribution in [1.82, 2.24) is 10.6 Å². The highest BCUT2D eigenvalue weighted by molar-refractivity contribution is 6.30. The molecule has 1 atom stereocenters. The van der Waals surface area contributed by atoms with Crippen molar-refractivity contribution < 1.29 is 0 Å². The first-order chi connectivity index (χ1) is 6.36. The first-order valence-electron chi connectivity index (χ1n) is 4.56. The minimum atomic E-state index is 0. The number of piperazine rings is 1. The molecule has 2 N–H and O–H groups in total. The Morgan fingerprint density at radius 3 is 2.27 bits per heavy atom. The lowest BCUT2D eigenvalue weighted by Gasteiger charge is -2.24. The summed E-state index contributed by atoms with van der Waals surface area (Å²) >= 11 is 5.81. The van der Waals surface area contributed by atoms with E-state index in [4.69, 9.17) is 11.6 Å². The highest BCUT2D eigenvalue weighted by Gasteiger charge is 2.13. The SMILES string of the molecule is Cl.Cl.Clc1ccc([C@H]2CNCCN2)cc1. The van der Waals surface area contributed by atoms with Crippen LogP contribution in [0.15, 0.2) is 24.3 Å². The van der Waals surface area contributed by atoms with E-state index in [2.05, 4.69) is 22.8 Å². The van der Waals surface area contributed by atoms with Gasteiger partial charge in [-0.3, -0.25) is 0 Å². The van der Waals surface area contributed by atoms with Gasteiger partial charge >= 0.3 is 0 Å². The van der Waals surface area contributed by atoms with Gasteiger partial charge in [-0.15, -0.1) is 24.8 Å². The Balaban J connectivity index is 0.000000980. The van der Waals surface area contributed by atoms with Crippen molar-refractivity contribution >= 4 is 36.4 Å². The van der Waals surface area contributed by atoms with Crippen LogP contribution in [0.5, 0.6) is 0 Å². The van der Waals surface area contributed by atoms with E-state index in [1.807, 2.05) is 12.1 Å². The summed E-state index contributed by atoms with van der Waals surface area (Å²) in [4.78, 5) is 0. The van der Waals surface area contributed by atoms with E-state index in [9.17, 15) is 0 Å². The van der Waals surface area contributed by atoms with Crippen LogP contribution in [0.1, 0.15) is 11.6 Å². The molecule has 1 fully saturated rings. The summed E-state index contributed by atoms with van der Waals surface area (Å²) in [7, 11) is 0. The van der Waals surface area contributed by atoms with Gasteiger partial charge in [-0.2, -0.15) is 0 Å². The summed E-state index contributed by atoms with van der Waals surface area (Å²) in [6, 6.07) is 8.46. The van der Waals surface area contributed by atoms with E-state index in [0.29, 0.717) is 6.04 Å². The van der Waals surface area contributed by atoms with Crippen LogP contribution in [0.2, 0.25) is 5.02 Å². The molecule has 86 valence electrons. The van der Waals surface area contributed by atoms with Crippen molar-refractivity contribution in [1.29, 1.82) is 0 Å². The van der Waals surface area contributed by atoms with Gasteiger partial charge in [0.1, 0.15) is 0 Å². The molecule has 0 saturated carbocycles. The van der Waals surface area contributed by atoms with Crippen LogP contribution in [0, 0.1) is 0 Å². The van der Waals surface area contributed by atoms with Gasteiger partial charge in [0.2, 0.25) is 0 Å². The Morgan fingerprint density at radius 1 is 1.07 bits per heavy atom. The summed E-state index contributed by atoms with van der Waals surface area (Å²) in [6.07, 6.45) is 0. The summed E-state index contributed by atoms with van der Waals surface area (Å²) < 4.78 is 0. The first-order valence-corrected chi connectivity index (χ1v) is 4.93. The van der Waals surface area contributed by atoms with Crippen molar-refractivity contribution in [3.05, 3.63) is 34.9 Å². The normalized spacial score (nSPS) is 19.9. The molecule has 0 radical (unpaired) electrons. The fraction of sp³-hybridized carbons (Fsp3) is 0.400. The molecular weight excluding hydrogens is 254 g/mol. The van der Waals surface area contributed by atoms with Gasteiger partial charge in [-0.1, -0.05) is 23.7 Å². The zero-order chi connectivity index (χ0) is 9.10. The zero-order valence-corrected chi connectivity index (χ0v) is 10.6. The molecule has 1 aromatic carbocycles. The van der Waals surface area contributed by atoms with Crippen LogP contribution < -0.4 is 10.6 Å². The smallest absolute Gasteiger partial charge is 0.0447 e. The summed E-state index contributed by atoms with van der Waals surface area (Å²) in [5.74, 6) is 0. The number of hydrogen-bond acceptors (Lipinski definition) is 2. The molecule has 0 aliphatic carbocycles. The van der Waals surface area contributed by atoms with E-state index in [1.165, 1.54) is 5.56 Å². The van der Waals surface area contributed by atoms with Gasteiger partial charge < -0.3 is 10.6 Å². The minimum Gasteiger partial charge on any atom is -0.314 e. The summed E-state index contributed by atoms with van der Waals surface area (Å²) in [5, 5.41) is 7.60. The van der Waals surface area contributed by atoms with Crippen LogP contribution in [0.3, 0.4) is 0 Å². The third kappa shape index (κ3) is 4.17. The van der Waals surface area contributed by atoms with Crippen molar-refractivity contribution in [2.45, 2.75) is 6.04 Å². The third-order valence-corrected chi connectivity index (χ3v) is 2.57. The van der Waals surface area contributed by atoms with Crippen molar-refractivity contribution in [2.24, 2.45) is 0 Å². The predicted octanol–water partition coefficient (Wildman–Crippen LogP) is 2.42. The fourth-order valence-electron chi connectivity index (χ4n) is 1.58. The average Bonchev–Trinajstić information content (AvgIpc) is 2.20. The summed E-state index contributed by atoms with van der Waals surface area (Å²) in [5.41, 5.74) is 1.30. The molecule has 0 bridgehead atoms. The molecule has 0 spiro atoms. The van der Waals surface area contributed by atoms with Crippen LogP contribution in [0.25, 0.3) is 0 Å². The van der Waals surface area contributed by atoms with Crippen molar-refractivity contribution in [3.8, 4) is 0 Å². The number of benzene rings is 1. The molecular formula is C10H15Cl3N2. The molecule has 0 amide bonds. The Kier molecular flexibility index (Phi) is 7.32. The van der Waals surface area contributed by atoms with Gasteiger partial charge in [0, 0.05) is 30.7 Å². The largest absolute Gasteiger partial charge is 0.314 e. The maximum absolute atomic E-state index is 5.81. The summed E-state index contributed by atoms with van der Waals surface area (Å²) in [6.45, 7) is 3.10. The molecule has 5 heteroatoms. The van der Waals surface area contributed by atoms with E-state index in [-0.39, 0.29) is 24.8 Å². The van der Waals surface area contributed by atoms with Gasteiger partial charge in [-0.25, -0.2) is 0 Å². The number of rotatable bonds is 1. The van der Waals surface area contributed by atoms with Gasteiger partial charge in [-0.05, 0) is 17.7 Å². The molecule has 1 saturated heterocycles. The second-order valence-corrected chi connectivity index (χ2v) is 3.70. The predicted molar refractivity (Wildman–Crippen MR) is 69.6 cm³/mol. The van der Waals surface area contributed by atoms with E-state index in [0.717, 1.165) is 24.7 Å². The second-order valence-electron chi connectivity index (χ2n) is 3.26. The first kappa shape index (κ1) is 15.0. The number of nitrogens with one attached hydrogen (secondary N) is 2. The van der Waals surface area contributed by atoms with Gasteiger partial charge in [0.25, 0.3) is 0 Å². The lowest BCUT2D eigenvalue weighted by atomic mass is 10.1. The van der Waals surface area contributed by atoms with E-state index in [1.54, 1.807) is 0 Å². The molecule has 2 rings (SSSR count). The monoisotopic (exact) mass is 268 g/mol. The maximum Gasteiger partial charge on any atom is 0.0447 e.